The highest BCUT2D eigenvalue weighted by Gasteiger charge is 2.39. The van der Waals surface area contributed by atoms with Crippen LogP contribution in [0.5, 0.6) is 0 Å². The molecule has 2 saturated carbocycles. The lowest BCUT2D eigenvalue weighted by Gasteiger charge is -2.21. The van der Waals surface area contributed by atoms with Crippen molar-refractivity contribution in [2.24, 2.45) is 17.8 Å². The van der Waals surface area contributed by atoms with Crippen molar-refractivity contribution < 1.29 is 8.42 Å². The van der Waals surface area contributed by atoms with Crippen molar-refractivity contribution >= 4 is 10.0 Å². The van der Waals surface area contributed by atoms with E-state index in [0.717, 1.165) is 31.2 Å². The van der Waals surface area contributed by atoms with E-state index in [4.69, 9.17) is 0 Å². The van der Waals surface area contributed by atoms with Crippen LogP contribution < -0.4 is 10.0 Å². The summed E-state index contributed by atoms with van der Waals surface area (Å²) in [7, 11) is -3.06. The maximum atomic E-state index is 12.0. The SMILES string of the molecule is CC(C)NCCCCS(=O)(=O)NCC1CC2CCC1C2. The zero-order chi connectivity index (χ0) is 14.6. The van der Waals surface area contributed by atoms with E-state index in [2.05, 4.69) is 23.9 Å². The molecule has 0 heterocycles. The van der Waals surface area contributed by atoms with E-state index in [-0.39, 0.29) is 5.75 Å². The molecule has 0 aromatic carbocycles. The van der Waals surface area contributed by atoms with E-state index in [9.17, 15) is 8.42 Å². The Morgan fingerprint density at radius 1 is 1.15 bits per heavy atom. The lowest BCUT2D eigenvalue weighted by Crippen LogP contribution is -2.33. The van der Waals surface area contributed by atoms with Crippen LogP contribution in [0.3, 0.4) is 0 Å². The minimum atomic E-state index is -3.06. The maximum absolute atomic E-state index is 12.0. The van der Waals surface area contributed by atoms with E-state index >= 15 is 0 Å². The van der Waals surface area contributed by atoms with E-state index in [1.807, 2.05) is 0 Å². The van der Waals surface area contributed by atoms with Crippen molar-refractivity contribution in [3.05, 3.63) is 0 Å². The number of unbranched alkanes of at least 4 members (excludes halogenated alkanes) is 1. The van der Waals surface area contributed by atoms with E-state index < -0.39 is 10.0 Å². The van der Waals surface area contributed by atoms with Gasteiger partial charge in [-0.15, -0.1) is 0 Å². The molecule has 0 radical (unpaired) electrons. The average molecular weight is 302 g/mol. The summed E-state index contributed by atoms with van der Waals surface area (Å²) in [6.45, 7) is 5.79. The number of hydrogen-bond donors (Lipinski definition) is 2. The van der Waals surface area contributed by atoms with Gasteiger partial charge in [0.2, 0.25) is 10.0 Å². The second-order valence-corrected chi connectivity index (χ2v) is 8.84. The van der Waals surface area contributed by atoms with Crippen molar-refractivity contribution in [3.63, 3.8) is 0 Å². The van der Waals surface area contributed by atoms with Gasteiger partial charge in [0.1, 0.15) is 0 Å². The van der Waals surface area contributed by atoms with E-state index in [0.29, 0.717) is 18.5 Å². The molecular formula is C15H30N2O2S. The largest absolute Gasteiger partial charge is 0.315 e. The van der Waals surface area contributed by atoms with E-state index in [1.54, 1.807) is 0 Å². The Balaban J connectivity index is 1.59. The van der Waals surface area contributed by atoms with Crippen LogP contribution in [-0.4, -0.2) is 33.3 Å². The van der Waals surface area contributed by atoms with Crippen LogP contribution in [0.4, 0.5) is 0 Å². The Hall–Kier alpha value is -0.130. The predicted molar refractivity (Wildman–Crippen MR) is 83.1 cm³/mol. The molecule has 118 valence electrons. The van der Waals surface area contributed by atoms with Gasteiger partial charge >= 0.3 is 0 Å². The Bertz CT molecular complexity index is 395. The van der Waals surface area contributed by atoms with Gasteiger partial charge in [-0.3, -0.25) is 0 Å². The van der Waals surface area contributed by atoms with E-state index in [1.165, 1.54) is 25.7 Å². The number of sulfonamides is 1. The lowest BCUT2D eigenvalue weighted by atomic mass is 9.89. The minimum absolute atomic E-state index is 0.271. The van der Waals surface area contributed by atoms with Crippen molar-refractivity contribution in [2.75, 3.05) is 18.8 Å². The molecule has 0 aromatic rings. The average Bonchev–Trinajstić information content (AvgIpc) is 2.97. The molecule has 0 aliphatic heterocycles. The van der Waals surface area contributed by atoms with Gasteiger partial charge in [0.15, 0.2) is 0 Å². The summed E-state index contributed by atoms with van der Waals surface area (Å²) >= 11 is 0. The van der Waals surface area contributed by atoms with Gasteiger partial charge < -0.3 is 5.32 Å². The Labute approximate surface area is 124 Å². The first-order valence-corrected chi connectivity index (χ1v) is 9.82. The molecule has 3 atom stereocenters. The molecule has 5 heteroatoms. The standard InChI is InChI=1S/C15H30N2O2S/c1-12(2)16-7-3-4-8-20(18,19)17-11-15-10-13-5-6-14(15)9-13/h12-17H,3-11H2,1-2H3. The van der Waals surface area contributed by atoms with Crippen LogP contribution in [0, 0.1) is 17.8 Å². The molecule has 0 spiro atoms. The summed E-state index contributed by atoms with van der Waals surface area (Å²) in [5.41, 5.74) is 0. The Kier molecular flexibility index (Phi) is 5.87. The third-order valence-electron chi connectivity index (χ3n) is 4.84. The second kappa shape index (κ2) is 7.23. The van der Waals surface area contributed by atoms with Crippen LogP contribution in [0.1, 0.15) is 52.4 Å². The second-order valence-electron chi connectivity index (χ2n) is 6.92. The monoisotopic (exact) mass is 302 g/mol. The minimum Gasteiger partial charge on any atom is -0.315 e. The normalized spacial score (nSPS) is 29.4. The summed E-state index contributed by atoms with van der Waals surface area (Å²) in [6, 6.07) is 0.475. The summed E-state index contributed by atoms with van der Waals surface area (Å²) < 4.78 is 26.8. The molecule has 2 rings (SSSR count). The highest BCUT2D eigenvalue weighted by Crippen LogP contribution is 2.47. The number of rotatable bonds is 9. The van der Waals surface area contributed by atoms with Crippen LogP contribution in [0.15, 0.2) is 0 Å². The smallest absolute Gasteiger partial charge is 0.211 e. The first kappa shape index (κ1) is 16.2. The molecule has 2 N–H and O–H groups in total. The van der Waals surface area contributed by atoms with Crippen molar-refractivity contribution in [1.82, 2.24) is 10.0 Å². The molecule has 2 bridgehead atoms. The highest BCUT2D eigenvalue weighted by molar-refractivity contribution is 7.89. The van der Waals surface area contributed by atoms with Gasteiger partial charge in [0.05, 0.1) is 5.75 Å². The fourth-order valence-corrected chi connectivity index (χ4v) is 4.94. The molecule has 0 amide bonds. The number of nitrogens with one attached hydrogen (secondary N) is 2. The topological polar surface area (TPSA) is 58.2 Å². The third kappa shape index (κ3) is 5.01. The van der Waals surface area contributed by atoms with Crippen molar-refractivity contribution in [1.29, 1.82) is 0 Å². The fourth-order valence-electron chi connectivity index (χ4n) is 3.74. The summed E-state index contributed by atoms with van der Waals surface area (Å²) in [5.74, 6) is 2.55. The van der Waals surface area contributed by atoms with Gasteiger partial charge in [-0.2, -0.15) is 0 Å². The summed E-state index contributed by atoms with van der Waals surface area (Å²) in [6.07, 6.45) is 6.94. The molecule has 20 heavy (non-hydrogen) atoms. The molecule has 2 fully saturated rings. The number of fused-ring (bicyclic) bond motifs is 2. The summed E-state index contributed by atoms with van der Waals surface area (Å²) in [4.78, 5) is 0. The Morgan fingerprint density at radius 3 is 2.55 bits per heavy atom. The summed E-state index contributed by atoms with van der Waals surface area (Å²) in [5, 5.41) is 3.31. The van der Waals surface area contributed by atoms with Gasteiger partial charge in [-0.25, -0.2) is 13.1 Å². The zero-order valence-corrected chi connectivity index (χ0v) is 13.7. The first-order valence-electron chi connectivity index (χ1n) is 8.17. The fraction of sp³-hybridized carbons (Fsp3) is 1.00. The van der Waals surface area contributed by atoms with Crippen LogP contribution in [-0.2, 0) is 10.0 Å². The number of hydrogen-bond acceptors (Lipinski definition) is 3. The Morgan fingerprint density at radius 2 is 1.95 bits per heavy atom. The molecule has 2 aliphatic rings. The molecule has 0 aromatic heterocycles. The molecule has 0 saturated heterocycles. The van der Waals surface area contributed by atoms with Gasteiger partial charge in [-0.1, -0.05) is 20.3 Å². The highest BCUT2D eigenvalue weighted by atomic mass is 32.2. The van der Waals surface area contributed by atoms with Gasteiger partial charge in [-0.05, 0) is 56.4 Å². The maximum Gasteiger partial charge on any atom is 0.211 e. The van der Waals surface area contributed by atoms with Crippen LogP contribution in [0.2, 0.25) is 0 Å². The third-order valence-corrected chi connectivity index (χ3v) is 6.28. The first-order chi connectivity index (χ1) is 9.46. The van der Waals surface area contributed by atoms with Gasteiger partial charge in [0, 0.05) is 12.6 Å². The molecule has 3 unspecified atom stereocenters. The van der Waals surface area contributed by atoms with Crippen molar-refractivity contribution in [2.45, 2.75) is 58.4 Å². The van der Waals surface area contributed by atoms with Crippen LogP contribution >= 0.6 is 0 Å². The lowest BCUT2D eigenvalue weighted by molar-refractivity contribution is 0.332. The molecule has 4 nitrogen and oxygen atoms in total. The molecule has 2 aliphatic carbocycles. The predicted octanol–water partition coefficient (Wildman–Crippen LogP) is 2.12. The van der Waals surface area contributed by atoms with Crippen molar-refractivity contribution in [3.8, 4) is 0 Å². The molecular weight excluding hydrogens is 272 g/mol. The van der Waals surface area contributed by atoms with Gasteiger partial charge in [0.25, 0.3) is 0 Å². The van der Waals surface area contributed by atoms with Crippen LogP contribution in [0.25, 0.3) is 0 Å². The quantitative estimate of drug-likeness (QED) is 0.641. The zero-order valence-electron chi connectivity index (χ0n) is 12.9.